The quantitative estimate of drug-likeness (QED) is 0.595. The molecule has 0 bridgehead atoms. The van der Waals surface area contributed by atoms with Crippen LogP contribution in [0.2, 0.25) is 26.2 Å². The van der Waals surface area contributed by atoms with Crippen LogP contribution in [-0.2, 0) is 4.12 Å². The summed E-state index contributed by atoms with van der Waals surface area (Å²) in [6.07, 6.45) is 3.75. The summed E-state index contributed by atoms with van der Waals surface area (Å²) in [6.45, 7) is 16.4. The molecular formula is C20H26OSi2. The summed E-state index contributed by atoms with van der Waals surface area (Å²) in [5.74, 6) is 0. The Morgan fingerprint density at radius 3 is 2.00 bits per heavy atom. The van der Waals surface area contributed by atoms with Crippen LogP contribution >= 0.6 is 0 Å². The van der Waals surface area contributed by atoms with Crippen molar-refractivity contribution < 1.29 is 4.12 Å². The van der Waals surface area contributed by atoms with E-state index in [1.165, 1.54) is 11.1 Å². The smallest absolute Gasteiger partial charge is 0.211 e. The van der Waals surface area contributed by atoms with E-state index < -0.39 is 8.32 Å². The fourth-order valence-corrected chi connectivity index (χ4v) is 4.61. The summed E-state index contributed by atoms with van der Waals surface area (Å²) in [4.78, 5) is 0. The van der Waals surface area contributed by atoms with E-state index in [2.05, 4.69) is 63.6 Å². The van der Waals surface area contributed by atoms with Gasteiger partial charge in [-0.05, 0) is 48.4 Å². The molecule has 120 valence electrons. The fourth-order valence-electron chi connectivity index (χ4n) is 2.16. The molecule has 3 heteroatoms. The second-order valence-electron chi connectivity index (χ2n) is 6.00. The second kappa shape index (κ2) is 9.45. The average Bonchev–Trinajstić information content (AvgIpc) is 2.54. The van der Waals surface area contributed by atoms with Crippen molar-refractivity contribution in [3.63, 3.8) is 0 Å². The number of benzene rings is 2. The van der Waals surface area contributed by atoms with Crippen molar-refractivity contribution in [3.05, 3.63) is 72.8 Å². The van der Waals surface area contributed by atoms with Gasteiger partial charge < -0.3 is 4.12 Å². The second-order valence-corrected chi connectivity index (χ2v) is 11.5. The third kappa shape index (κ3) is 6.52. The highest BCUT2D eigenvalue weighted by atomic mass is 28.4. The topological polar surface area (TPSA) is 9.23 Å². The Morgan fingerprint density at radius 2 is 1.57 bits per heavy atom. The third-order valence-electron chi connectivity index (χ3n) is 3.06. The van der Waals surface area contributed by atoms with Gasteiger partial charge in [-0.2, -0.15) is 0 Å². The molecule has 0 saturated carbocycles. The van der Waals surface area contributed by atoms with E-state index in [-0.39, 0.29) is 0 Å². The maximum Gasteiger partial charge on any atom is 0.211 e. The molecule has 0 saturated heterocycles. The zero-order valence-corrected chi connectivity index (χ0v) is 16.6. The van der Waals surface area contributed by atoms with Crippen LogP contribution in [0, 0.1) is 0 Å². The van der Waals surface area contributed by atoms with E-state index in [0.29, 0.717) is 9.76 Å². The van der Waals surface area contributed by atoms with E-state index in [4.69, 9.17) is 4.12 Å². The van der Waals surface area contributed by atoms with E-state index in [0.717, 1.165) is 11.1 Å². The molecule has 0 spiro atoms. The van der Waals surface area contributed by atoms with Crippen LogP contribution < -0.4 is 0 Å². The first-order valence-electron chi connectivity index (χ1n) is 7.71. The Kier molecular flexibility index (Phi) is 7.96. The molecular weight excluding hydrogens is 312 g/mol. The molecule has 0 aromatic heterocycles. The molecule has 0 amide bonds. The van der Waals surface area contributed by atoms with E-state index in [1.54, 1.807) is 0 Å². The molecule has 2 radical (unpaired) electrons. The zero-order chi connectivity index (χ0) is 17.3. The van der Waals surface area contributed by atoms with Gasteiger partial charge in [-0.25, -0.2) is 0 Å². The summed E-state index contributed by atoms with van der Waals surface area (Å²) >= 11 is 0. The third-order valence-corrected chi connectivity index (χ3v) is 6.32. The van der Waals surface area contributed by atoms with Crippen molar-refractivity contribution >= 4 is 30.2 Å². The Balaban J connectivity index is 0.000000322. The van der Waals surface area contributed by atoms with Gasteiger partial charge in [-0.3, -0.25) is 0 Å². The predicted octanol–water partition coefficient (Wildman–Crippen LogP) is 6.14. The van der Waals surface area contributed by atoms with Gasteiger partial charge >= 0.3 is 0 Å². The number of hydrogen-bond acceptors (Lipinski definition) is 1. The van der Waals surface area contributed by atoms with Crippen molar-refractivity contribution in [1.29, 1.82) is 0 Å². The van der Waals surface area contributed by atoms with Gasteiger partial charge in [0.15, 0.2) is 8.32 Å². The van der Waals surface area contributed by atoms with Gasteiger partial charge in [0.25, 0.3) is 0 Å². The van der Waals surface area contributed by atoms with Gasteiger partial charge in [0.1, 0.15) is 0 Å². The summed E-state index contributed by atoms with van der Waals surface area (Å²) in [7, 11) is -0.474. The van der Waals surface area contributed by atoms with Gasteiger partial charge in [0.05, 0.1) is 0 Å². The normalized spacial score (nSPS) is 10.4. The summed E-state index contributed by atoms with van der Waals surface area (Å²) in [6, 6.07) is 16.5. The lowest BCUT2D eigenvalue weighted by Gasteiger charge is -2.14. The van der Waals surface area contributed by atoms with Crippen molar-refractivity contribution in [2.75, 3.05) is 0 Å². The first-order chi connectivity index (χ1) is 10.9. The molecule has 0 heterocycles. The van der Waals surface area contributed by atoms with Crippen LogP contribution in [0.3, 0.4) is 0 Å². The number of hydrogen-bond donors (Lipinski definition) is 0. The van der Waals surface area contributed by atoms with E-state index in [1.807, 2.05) is 36.4 Å². The maximum absolute atomic E-state index is 5.40. The predicted molar refractivity (Wildman–Crippen MR) is 108 cm³/mol. The lowest BCUT2D eigenvalue weighted by atomic mass is 9.95. The largest absolute Gasteiger partial charge is 0.456 e. The molecule has 0 atom stereocenters. The van der Waals surface area contributed by atoms with Crippen molar-refractivity contribution in [2.24, 2.45) is 0 Å². The van der Waals surface area contributed by atoms with Crippen LogP contribution in [0.1, 0.15) is 11.1 Å². The molecule has 0 N–H and O–H groups in total. The average molecular weight is 339 g/mol. The standard InChI is InChI=1S/C16H14.C4H12OSi2/c1-3-13-11-8-12-16(15(13)4-2)14-9-6-5-7-10-14;1-6-5-7(2,3)4/h3-12H,1-2H2;1-4H3. The molecule has 0 aliphatic rings. The Hall–Kier alpha value is -1.69. The van der Waals surface area contributed by atoms with Gasteiger partial charge in [-0.1, -0.05) is 73.8 Å². The van der Waals surface area contributed by atoms with Gasteiger partial charge in [0.2, 0.25) is 9.76 Å². The Morgan fingerprint density at radius 1 is 0.913 bits per heavy atom. The minimum Gasteiger partial charge on any atom is -0.456 e. The Bertz CT molecular complexity index is 628. The van der Waals surface area contributed by atoms with E-state index >= 15 is 0 Å². The van der Waals surface area contributed by atoms with Crippen molar-refractivity contribution in [2.45, 2.75) is 26.2 Å². The van der Waals surface area contributed by atoms with Crippen LogP contribution in [-0.4, -0.2) is 18.1 Å². The first-order valence-corrected chi connectivity index (χ1v) is 12.5. The highest BCUT2D eigenvalue weighted by molar-refractivity contribution is 6.73. The molecule has 1 nitrogen and oxygen atoms in total. The van der Waals surface area contributed by atoms with E-state index in [9.17, 15) is 0 Å². The molecule has 0 fully saturated rings. The molecule has 2 rings (SSSR count). The maximum atomic E-state index is 5.40. The van der Waals surface area contributed by atoms with Crippen LogP contribution in [0.25, 0.3) is 23.3 Å². The van der Waals surface area contributed by atoms with Crippen molar-refractivity contribution in [1.82, 2.24) is 0 Å². The molecule has 0 aliphatic heterocycles. The minimum atomic E-state index is -1.14. The first kappa shape index (κ1) is 19.4. The lowest BCUT2D eigenvalue weighted by molar-refractivity contribution is 0.603. The summed E-state index contributed by atoms with van der Waals surface area (Å²) in [5.41, 5.74) is 4.68. The zero-order valence-electron chi connectivity index (χ0n) is 14.6. The summed E-state index contributed by atoms with van der Waals surface area (Å²) < 4.78 is 5.40. The van der Waals surface area contributed by atoms with Crippen molar-refractivity contribution in [3.8, 4) is 11.1 Å². The molecule has 0 unspecified atom stereocenters. The highest BCUT2D eigenvalue weighted by Crippen LogP contribution is 2.27. The fraction of sp³-hybridized carbons (Fsp3) is 0.200. The lowest BCUT2D eigenvalue weighted by Crippen LogP contribution is -2.26. The van der Waals surface area contributed by atoms with Crippen LogP contribution in [0.5, 0.6) is 0 Å². The number of rotatable bonds is 5. The molecule has 2 aromatic rings. The highest BCUT2D eigenvalue weighted by Gasteiger charge is 2.11. The molecule has 2 aromatic carbocycles. The van der Waals surface area contributed by atoms with Crippen LogP contribution in [0.4, 0.5) is 0 Å². The monoisotopic (exact) mass is 338 g/mol. The minimum absolute atomic E-state index is 0.671. The summed E-state index contributed by atoms with van der Waals surface area (Å²) in [5, 5.41) is 0. The molecule has 23 heavy (non-hydrogen) atoms. The Labute approximate surface area is 144 Å². The van der Waals surface area contributed by atoms with Gasteiger partial charge in [-0.15, -0.1) is 0 Å². The van der Waals surface area contributed by atoms with Crippen LogP contribution in [0.15, 0.2) is 61.7 Å². The molecule has 0 aliphatic carbocycles. The van der Waals surface area contributed by atoms with Gasteiger partial charge in [0, 0.05) is 0 Å². The SMILES string of the molecule is C=Cc1cccc(-c2ccccc2)c1C=C.C[Si]O[Si](C)(C)C.